The molecule has 4 atom stereocenters. The Kier molecular flexibility index (Phi) is 25.6. The first kappa shape index (κ1) is 49.4. The summed E-state index contributed by atoms with van der Waals surface area (Å²) in [5.74, 6) is -0.361. The lowest BCUT2D eigenvalue weighted by Crippen LogP contribution is -2.23. The molecular formula is C41H62F3N6O6P. The van der Waals surface area contributed by atoms with E-state index in [4.69, 9.17) is 34.9 Å². The van der Waals surface area contributed by atoms with E-state index in [0.29, 0.717) is 18.5 Å². The highest BCUT2D eigenvalue weighted by Crippen LogP contribution is 2.38. The molecule has 1 aromatic carbocycles. The van der Waals surface area contributed by atoms with Crippen LogP contribution in [0, 0.1) is 28.6 Å². The van der Waals surface area contributed by atoms with Crippen molar-refractivity contribution < 1.29 is 41.3 Å². The molecule has 0 amide bonds. The molecule has 12 nitrogen and oxygen atoms in total. The second-order valence-corrected chi connectivity index (χ2v) is 15.1. The molecule has 2 aromatic rings. The van der Waals surface area contributed by atoms with Crippen molar-refractivity contribution in [2.75, 3.05) is 13.2 Å². The Bertz CT molecular complexity index is 1490. The Hall–Kier alpha value is -3.72. The quantitative estimate of drug-likeness (QED) is 0.0257. The molecule has 1 fully saturated rings. The number of amidine groups is 1. The molecule has 4 unspecified atom stereocenters. The highest BCUT2D eigenvalue weighted by molar-refractivity contribution is 7.40. The predicted octanol–water partition coefficient (Wildman–Crippen LogP) is 11.2. The van der Waals surface area contributed by atoms with Crippen LogP contribution in [-0.2, 0) is 13.8 Å². The lowest BCUT2D eigenvalue weighted by molar-refractivity contribution is -0.274. The van der Waals surface area contributed by atoms with Gasteiger partial charge in [-0.05, 0) is 49.9 Å². The van der Waals surface area contributed by atoms with Crippen LogP contribution in [0.3, 0.4) is 0 Å². The van der Waals surface area contributed by atoms with Crippen LogP contribution < -0.4 is 15.2 Å². The van der Waals surface area contributed by atoms with Crippen LogP contribution in [0.5, 0.6) is 11.5 Å². The van der Waals surface area contributed by atoms with Gasteiger partial charge in [0, 0.05) is 18.3 Å². The number of ether oxygens (including phenoxy) is 3. The topological polar surface area (TPSA) is 192 Å². The predicted molar refractivity (Wildman–Crippen MR) is 216 cm³/mol. The number of rotatable bonds is 30. The van der Waals surface area contributed by atoms with Gasteiger partial charge in [0.1, 0.15) is 30.1 Å². The Morgan fingerprint density at radius 3 is 2.14 bits per heavy atom. The molecule has 3 rings (SSSR count). The molecule has 1 aliphatic rings. The Morgan fingerprint density at radius 1 is 0.982 bits per heavy atom. The van der Waals surface area contributed by atoms with Crippen LogP contribution in [0.1, 0.15) is 158 Å². The van der Waals surface area contributed by atoms with Gasteiger partial charge in [0.05, 0.1) is 36.7 Å². The van der Waals surface area contributed by atoms with Gasteiger partial charge >= 0.3 is 15.0 Å². The number of benzene rings is 1. The number of unbranched alkanes of at least 4 members (excludes halogenated alkanes) is 16. The molecule has 16 heteroatoms. The second-order valence-electron chi connectivity index (χ2n) is 14.1. The van der Waals surface area contributed by atoms with E-state index in [1.165, 1.54) is 95.6 Å². The summed E-state index contributed by atoms with van der Waals surface area (Å²) in [4.78, 5) is 17.5. The van der Waals surface area contributed by atoms with E-state index in [1.807, 2.05) is 6.07 Å². The lowest BCUT2D eigenvalue weighted by atomic mass is 10.0. The number of aromatic nitrogens is 1. The number of nitrogens with one attached hydrogen (secondary N) is 2. The van der Waals surface area contributed by atoms with Gasteiger partial charge in [0.25, 0.3) is 0 Å². The van der Waals surface area contributed by atoms with Crippen molar-refractivity contribution in [1.82, 2.24) is 4.98 Å². The van der Waals surface area contributed by atoms with Gasteiger partial charge in [-0.15, -0.1) is 13.2 Å². The molecule has 0 radical (unpaired) electrons. The van der Waals surface area contributed by atoms with Crippen LogP contribution in [0.25, 0.3) is 0 Å². The Balaban J connectivity index is 0.00000551. The molecule has 1 aliphatic heterocycles. The number of hydrogen-bond donors (Lipinski definition) is 4. The van der Waals surface area contributed by atoms with Crippen LogP contribution in [0.2, 0.25) is 0 Å². The van der Waals surface area contributed by atoms with Gasteiger partial charge in [0.2, 0.25) is 0 Å². The van der Waals surface area contributed by atoms with E-state index in [-0.39, 0.29) is 42.6 Å². The van der Waals surface area contributed by atoms with Crippen LogP contribution in [0.15, 0.2) is 35.3 Å². The summed E-state index contributed by atoms with van der Waals surface area (Å²) >= 11 is 0. The first-order valence-electron chi connectivity index (χ1n) is 20.3. The van der Waals surface area contributed by atoms with E-state index in [9.17, 15) is 23.3 Å². The number of alkyl halides is 3. The van der Waals surface area contributed by atoms with Crippen molar-refractivity contribution in [3.63, 3.8) is 0 Å². The molecule has 1 saturated heterocycles. The SMILES string of the molecule is C#N.CCCCCCCCCCCCCCCCCCCC(COP(O)OCC1CCC(c2ccc(C(N)=NC=N)[nH]2)O1)Oc1ccc(C#N)c(OC(F)(F)F)c1. The van der Waals surface area contributed by atoms with Gasteiger partial charge in [0.15, 0.2) is 5.75 Å². The molecule has 57 heavy (non-hydrogen) atoms. The zero-order valence-electron chi connectivity index (χ0n) is 33.3. The van der Waals surface area contributed by atoms with Crippen LogP contribution >= 0.6 is 8.60 Å². The molecular weight excluding hydrogens is 760 g/mol. The molecule has 0 spiro atoms. The molecule has 318 valence electrons. The molecule has 5 N–H and O–H groups in total. The molecule has 2 heterocycles. The Morgan fingerprint density at radius 2 is 1.58 bits per heavy atom. The molecule has 0 bridgehead atoms. The number of nitriles is 2. The number of halogens is 3. The highest BCUT2D eigenvalue weighted by Gasteiger charge is 2.33. The summed E-state index contributed by atoms with van der Waals surface area (Å²) < 4.78 is 66.4. The maximum Gasteiger partial charge on any atom is 0.573 e. The van der Waals surface area contributed by atoms with E-state index >= 15 is 0 Å². The van der Waals surface area contributed by atoms with Crippen LogP contribution in [0.4, 0.5) is 13.2 Å². The second kappa shape index (κ2) is 29.5. The maximum absolute atomic E-state index is 13.0. The van der Waals surface area contributed by atoms with Crippen LogP contribution in [-0.4, -0.2) is 53.8 Å². The van der Waals surface area contributed by atoms with Crippen molar-refractivity contribution in [3.05, 3.63) is 47.3 Å². The zero-order valence-corrected chi connectivity index (χ0v) is 34.2. The number of nitrogens with zero attached hydrogens (tertiary/aromatic N) is 3. The summed E-state index contributed by atoms with van der Waals surface area (Å²) in [7, 11) is -2.29. The number of aliphatic imine (C=N–C) groups is 1. The normalized spacial score (nSPS) is 16.6. The first-order valence-corrected chi connectivity index (χ1v) is 21.4. The van der Waals surface area contributed by atoms with E-state index in [1.54, 1.807) is 12.1 Å². The van der Waals surface area contributed by atoms with Gasteiger partial charge in [-0.1, -0.05) is 110 Å². The van der Waals surface area contributed by atoms with Crippen molar-refractivity contribution in [1.29, 1.82) is 15.9 Å². The van der Waals surface area contributed by atoms with Crippen molar-refractivity contribution in [2.24, 2.45) is 10.7 Å². The fraction of sp³-hybridized carbons (Fsp3) is 0.659. The number of aromatic amines is 1. The smallest absolute Gasteiger partial charge is 0.488 e. The standard InChI is InChI=1S/C40H61F3N5O6P.CHN/c1-2-3-4-5-6-7-8-9-10-11-12-13-14-15-16-17-18-19-33(52-32-21-20-31(27-44)38(26-32)54-40(41,42)43)28-50-55(49)51-29-34-22-25-37(53-34)35-23-24-36(48-35)39(46)47-30-45;1-2/h20-21,23-24,26,30,33-34,37,48-49H,2-19,22,25,28-29H2,1H3,(H3,45,46,47);1H. The summed E-state index contributed by atoms with van der Waals surface area (Å²) in [6, 6.07) is 9.00. The van der Waals surface area contributed by atoms with Gasteiger partial charge in [-0.25, -0.2) is 10.3 Å². The average molecular weight is 823 g/mol. The monoisotopic (exact) mass is 822 g/mol. The third-order valence-electron chi connectivity index (χ3n) is 9.62. The minimum Gasteiger partial charge on any atom is -0.488 e. The third-order valence-corrected chi connectivity index (χ3v) is 10.4. The molecule has 0 saturated carbocycles. The maximum atomic E-state index is 13.0. The van der Waals surface area contributed by atoms with Gasteiger partial charge < -0.3 is 38.9 Å². The molecule has 0 aliphatic carbocycles. The number of hydrogen-bond acceptors (Lipinski definition) is 9. The van der Waals surface area contributed by atoms with E-state index < -0.39 is 26.8 Å². The van der Waals surface area contributed by atoms with Crippen molar-refractivity contribution in [2.45, 2.75) is 160 Å². The highest BCUT2D eigenvalue weighted by atomic mass is 31.2. The number of nitrogens with two attached hydrogens (primary N) is 1. The minimum absolute atomic E-state index is 0.0609. The third kappa shape index (κ3) is 21.6. The summed E-state index contributed by atoms with van der Waals surface area (Å²) in [5, 5.41) is 22.9. The van der Waals surface area contributed by atoms with E-state index in [0.717, 1.165) is 50.2 Å². The van der Waals surface area contributed by atoms with Gasteiger partial charge in [-0.3, -0.25) is 5.41 Å². The fourth-order valence-electron chi connectivity index (χ4n) is 6.62. The van der Waals surface area contributed by atoms with Gasteiger partial charge in [-0.2, -0.15) is 5.26 Å². The summed E-state index contributed by atoms with van der Waals surface area (Å²) in [6.07, 6.45) is 17.9. The molecule has 1 aromatic heterocycles. The number of H-pyrrole nitrogens is 1. The summed E-state index contributed by atoms with van der Waals surface area (Å²) in [5.41, 5.74) is 6.98. The zero-order chi connectivity index (χ0) is 41.7. The minimum atomic E-state index is -4.97. The first-order chi connectivity index (χ1) is 27.6. The lowest BCUT2D eigenvalue weighted by Gasteiger charge is -2.22. The fourth-order valence-corrected chi connectivity index (χ4v) is 7.28. The summed E-state index contributed by atoms with van der Waals surface area (Å²) in [6.45, 7) is 5.79. The van der Waals surface area contributed by atoms with Crippen molar-refractivity contribution in [3.8, 4) is 24.1 Å². The Labute approximate surface area is 337 Å². The largest absolute Gasteiger partial charge is 0.573 e. The van der Waals surface area contributed by atoms with E-state index in [2.05, 4.69) is 28.2 Å². The average Bonchev–Trinajstić information content (AvgIpc) is 3.88. The van der Waals surface area contributed by atoms with Crippen molar-refractivity contribution >= 4 is 20.8 Å².